The molecular weight excluding hydrogens is 267 g/mol. The second kappa shape index (κ2) is 6.14. The number of aryl methyl sites for hydroxylation is 1. The molecule has 1 heterocycles. The maximum absolute atomic E-state index is 13.9. The van der Waals surface area contributed by atoms with E-state index >= 15 is 0 Å². The van der Waals surface area contributed by atoms with Gasteiger partial charge in [0.25, 0.3) is 0 Å². The van der Waals surface area contributed by atoms with Gasteiger partial charge in [0.2, 0.25) is 0 Å². The van der Waals surface area contributed by atoms with E-state index in [1.807, 2.05) is 10.9 Å². The van der Waals surface area contributed by atoms with Gasteiger partial charge in [-0.3, -0.25) is 10.5 Å². The van der Waals surface area contributed by atoms with Crippen LogP contribution in [0.25, 0.3) is 0 Å². The van der Waals surface area contributed by atoms with Crippen LogP contribution in [0.15, 0.2) is 30.6 Å². The average molecular weight is 283 g/mol. The van der Waals surface area contributed by atoms with E-state index in [4.69, 9.17) is 17.4 Å². The fourth-order valence-corrected chi connectivity index (χ4v) is 2.16. The van der Waals surface area contributed by atoms with Gasteiger partial charge in [-0.2, -0.15) is 5.10 Å². The van der Waals surface area contributed by atoms with Crippen LogP contribution in [-0.4, -0.2) is 9.78 Å². The van der Waals surface area contributed by atoms with E-state index in [1.165, 1.54) is 12.1 Å². The molecule has 0 aliphatic heterocycles. The normalized spacial score (nSPS) is 12.6. The molecule has 0 saturated heterocycles. The first-order valence-corrected chi connectivity index (χ1v) is 6.47. The lowest BCUT2D eigenvalue weighted by Crippen LogP contribution is -2.29. The summed E-state index contributed by atoms with van der Waals surface area (Å²) in [7, 11) is 0. The third kappa shape index (κ3) is 3.12. The second-order valence-electron chi connectivity index (χ2n) is 4.30. The first kappa shape index (κ1) is 14.0. The van der Waals surface area contributed by atoms with Crippen molar-refractivity contribution in [2.45, 2.75) is 25.9 Å². The van der Waals surface area contributed by atoms with Gasteiger partial charge in [0.1, 0.15) is 5.82 Å². The number of benzene rings is 1. The molecule has 2 rings (SSSR count). The zero-order valence-corrected chi connectivity index (χ0v) is 11.4. The lowest BCUT2D eigenvalue weighted by molar-refractivity contribution is 0.558. The molecule has 0 radical (unpaired) electrons. The summed E-state index contributed by atoms with van der Waals surface area (Å²) in [5, 5.41) is 4.69. The second-order valence-corrected chi connectivity index (χ2v) is 4.74. The molecule has 0 amide bonds. The quantitative estimate of drug-likeness (QED) is 0.655. The van der Waals surface area contributed by atoms with Crippen molar-refractivity contribution in [3.63, 3.8) is 0 Å². The lowest BCUT2D eigenvalue weighted by Gasteiger charge is -2.15. The van der Waals surface area contributed by atoms with Crippen LogP contribution in [-0.2, 0) is 6.54 Å². The largest absolute Gasteiger partial charge is 0.272 e. The molecular formula is C13H16ClFN4. The molecule has 0 spiro atoms. The van der Waals surface area contributed by atoms with Crippen LogP contribution in [0.4, 0.5) is 4.39 Å². The third-order valence-corrected chi connectivity index (χ3v) is 3.11. The van der Waals surface area contributed by atoms with Gasteiger partial charge in [0, 0.05) is 28.9 Å². The van der Waals surface area contributed by atoms with Gasteiger partial charge in [-0.05, 0) is 24.6 Å². The first-order valence-electron chi connectivity index (χ1n) is 6.09. The van der Waals surface area contributed by atoms with Crippen LogP contribution in [0.5, 0.6) is 0 Å². The van der Waals surface area contributed by atoms with Crippen molar-refractivity contribution in [1.29, 1.82) is 0 Å². The van der Waals surface area contributed by atoms with Crippen molar-refractivity contribution in [2.75, 3.05) is 0 Å². The Hall–Kier alpha value is -1.43. The Morgan fingerprint density at radius 3 is 3.00 bits per heavy atom. The van der Waals surface area contributed by atoms with Crippen LogP contribution in [0.1, 0.15) is 30.5 Å². The summed E-state index contributed by atoms with van der Waals surface area (Å²) < 4.78 is 15.7. The van der Waals surface area contributed by atoms with Crippen molar-refractivity contribution in [2.24, 2.45) is 5.84 Å². The fourth-order valence-electron chi connectivity index (χ4n) is 1.98. The molecule has 0 aliphatic carbocycles. The van der Waals surface area contributed by atoms with E-state index < -0.39 is 6.04 Å². The summed E-state index contributed by atoms with van der Waals surface area (Å²) in [6.45, 7) is 2.88. The maximum Gasteiger partial charge on any atom is 0.128 e. The van der Waals surface area contributed by atoms with E-state index in [1.54, 1.807) is 12.3 Å². The number of nitrogens with two attached hydrogens (primary N) is 1. The molecule has 0 bridgehead atoms. The Morgan fingerprint density at radius 1 is 1.53 bits per heavy atom. The third-order valence-electron chi connectivity index (χ3n) is 2.87. The number of nitrogens with one attached hydrogen (secondary N) is 1. The summed E-state index contributed by atoms with van der Waals surface area (Å²) in [4.78, 5) is 0. The van der Waals surface area contributed by atoms with Crippen molar-refractivity contribution >= 4 is 11.6 Å². The van der Waals surface area contributed by atoms with E-state index in [0.717, 1.165) is 18.5 Å². The number of hydrogen-bond acceptors (Lipinski definition) is 3. The minimum absolute atomic E-state index is 0.351. The Balaban J connectivity index is 2.35. The zero-order chi connectivity index (χ0) is 13.8. The number of rotatable bonds is 5. The molecule has 2 aromatic rings. The van der Waals surface area contributed by atoms with Crippen LogP contribution < -0.4 is 11.3 Å². The molecule has 19 heavy (non-hydrogen) atoms. The van der Waals surface area contributed by atoms with Gasteiger partial charge >= 0.3 is 0 Å². The van der Waals surface area contributed by atoms with Crippen molar-refractivity contribution in [3.05, 3.63) is 52.6 Å². The van der Waals surface area contributed by atoms with E-state index in [-0.39, 0.29) is 5.82 Å². The highest BCUT2D eigenvalue weighted by Gasteiger charge is 2.18. The molecule has 1 aromatic carbocycles. The molecule has 1 unspecified atom stereocenters. The number of nitrogens with zero attached hydrogens (tertiary/aromatic N) is 2. The highest BCUT2D eigenvalue weighted by molar-refractivity contribution is 6.30. The maximum atomic E-state index is 13.9. The first-order chi connectivity index (χ1) is 9.15. The van der Waals surface area contributed by atoms with Crippen LogP contribution in [0.2, 0.25) is 5.02 Å². The standard InChI is InChI=1S/C13H16ClFN4/c1-2-5-19-8-9(7-17-19)13(18-16)11-6-10(14)3-4-12(11)15/h3-4,6-8,13,18H,2,5,16H2,1H3. The molecule has 3 N–H and O–H groups in total. The molecule has 1 atom stereocenters. The van der Waals surface area contributed by atoms with E-state index in [0.29, 0.717) is 10.6 Å². The SMILES string of the molecule is CCCn1cc(C(NN)c2cc(Cl)ccc2F)cn1. The Labute approximate surface area is 116 Å². The minimum Gasteiger partial charge on any atom is -0.272 e. The van der Waals surface area contributed by atoms with Crippen molar-refractivity contribution < 1.29 is 4.39 Å². The van der Waals surface area contributed by atoms with Crippen LogP contribution in [0.3, 0.4) is 0 Å². The Kier molecular flexibility index (Phi) is 4.52. The van der Waals surface area contributed by atoms with Crippen LogP contribution in [0, 0.1) is 5.82 Å². The van der Waals surface area contributed by atoms with E-state index in [9.17, 15) is 4.39 Å². The molecule has 4 nitrogen and oxygen atoms in total. The Morgan fingerprint density at radius 2 is 2.32 bits per heavy atom. The Bertz CT molecular complexity index is 555. The van der Waals surface area contributed by atoms with Gasteiger partial charge in [0.15, 0.2) is 0 Å². The van der Waals surface area contributed by atoms with Crippen molar-refractivity contribution in [3.8, 4) is 0 Å². The molecule has 0 aliphatic rings. The van der Waals surface area contributed by atoms with E-state index in [2.05, 4.69) is 17.4 Å². The van der Waals surface area contributed by atoms with Gasteiger partial charge in [0.05, 0.1) is 12.2 Å². The molecule has 0 saturated carbocycles. The predicted octanol–water partition coefficient (Wildman–Crippen LogP) is 2.64. The molecule has 6 heteroatoms. The predicted molar refractivity (Wildman–Crippen MR) is 73.1 cm³/mol. The minimum atomic E-state index is -0.468. The van der Waals surface area contributed by atoms with Crippen molar-refractivity contribution in [1.82, 2.24) is 15.2 Å². The highest BCUT2D eigenvalue weighted by Crippen LogP contribution is 2.26. The van der Waals surface area contributed by atoms with Gasteiger partial charge in [-0.1, -0.05) is 18.5 Å². The highest BCUT2D eigenvalue weighted by atomic mass is 35.5. The summed E-state index contributed by atoms with van der Waals surface area (Å²) >= 11 is 5.90. The zero-order valence-electron chi connectivity index (χ0n) is 10.6. The van der Waals surface area contributed by atoms with Gasteiger partial charge < -0.3 is 0 Å². The number of halogens is 2. The lowest BCUT2D eigenvalue weighted by atomic mass is 10.0. The van der Waals surface area contributed by atoms with Gasteiger partial charge in [-0.25, -0.2) is 9.82 Å². The number of hydrogen-bond donors (Lipinski definition) is 2. The fraction of sp³-hybridized carbons (Fsp3) is 0.308. The summed E-state index contributed by atoms with van der Waals surface area (Å²) in [5.74, 6) is 5.19. The van der Waals surface area contributed by atoms with Gasteiger partial charge in [-0.15, -0.1) is 0 Å². The monoisotopic (exact) mass is 282 g/mol. The average Bonchev–Trinajstić information content (AvgIpc) is 2.83. The summed E-state index contributed by atoms with van der Waals surface area (Å²) in [6.07, 6.45) is 4.52. The smallest absolute Gasteiger partial charge is 0.128 e. The summed E-state index contributed by atoms with van der Waals surface area (Å²) in [5.41, 5.74) is 3.82. The summed E-state index contributed by atoms with van der Waals surface area (Å²) in [6, 6.07) is 3.94. The topological polar surface area (TPSA) is 55.9 Å². The van der Waals surface area contributed by atoms with Crippen LogP contribution >= 0.6 is 11.6 Å². The number of hydrazine groups is 1. The molecule has 1 aromatic heterocycles. The molecule has 0 fully saturated rings. The number of aromatic nitrogens is 2. The molecule has 102 valence electrons.